The molecule has 1 aromatic heterocycles. The molecule has 1 fully saturated rings. The van der Waals surface area contributed by atoms with Gasteiger partial charge in [-0.3, -0.25) is 0 Å². The molecular weight excluding hydrogens is 306 g/mol. The number of piperazine rings is 1. The smallest absolute Gasteiger partial charge is 0.410 e. The van der Waals surface area contributed by atoms with E-state index in [9.17, 15) is 10.1 Å². The van der Waals surface area contributed by atoms with E-state index in [0.29, 0.717) is 31.0 Å². The molecule has 1 amide bonds. The van der Waals surface area contributed by atoms with Crippen molar-refractivity contribution in [3.63, 3.8) is 0 Å². The first-order chi connectivity index (χ1) is 11.1. The average Bonchev–Trinajstić information content (AvgIpc) is 2.47. The topological polar surface area (TPSA) is 82.3 Å². The molecule has 0 aromatic carbocycles. The summed E-state index contributed by atoms with van der Waals surface area (Å²) in [4.78, 5) is 16.0. The second kappa shape index (κ2) is 6.63. The van der Waals surface area contributed by atoms with Gasteiger partial charge in [-0.2, -0.15) is 10.4 Å². The molecule has 0 bridgehead atoms. The summed E-state index contributed by atoms with van der Waals surface area (Å²) in [6.45, 7) is 13.0. The van der Waals surface area contributed by atoms with Crippen LogP contribution < -0.4 is 4.90 Å². The average molecular weight is 331 g/mol. The zero-order valence-electron chi connectivity index (χ0n) is 15.3. The number of aryl methyl sites for hydroxylation is 1. The van der Waals surface area contributed by atoms with Crippen LogP contribution in [0.1, 0.15) is 44.5 Å². The zero-order chi connectivity index (χ0) is 18.1. The van der Waals surface area contributed by atoms with Gasteiger partial charge in [0, 0.05) is 25.7 Å². The van der Waals surface area contributed by atoms with Crippen LogP contribution in [0.3, 0.4) is 0 Å². The first kappa shape index (κ1) is 18.0. The lowest BCUT2D eigenvalue weighted by Crippen LogP contribution is -2.55. The lowest BCUT2D eigenvalue weighted by Gasteiger charge is -2.40. The number of hydrogen-bond donors (Lipinski definition) is 0. The van der Waals surface area contributed by atoms with E-state index < -0.39 is 5.60 Å². The SMILES string of the molecule is Cc1nnc(N2CCN(C(=O)OC(C)(C)C)C(C)C2)c(C#N)c1C. The maximum Gasteiger partial charge on any atom is 0.410 e. The third-order valence-electron chi connectivity index (χ3n) is 4.10. The predicted octanol–water partition coefficient (Wildman–Crippen LogP) is 2.41. The molecule has 1 aliphatic heterocycles. The van der Waals surface area contributed by atoms with E-state index in [-0.39, 0.29) is 12.1 Å². The quantitative estimate of drug-likeness (QED) is 0.786. The molecule has 130 valence electrons. The Bertz CT molecular complexity index is 675. The minimum atomic E-state index is -0.512. The van der Waals surface area contributed by atoms with E-state index in [1.807, 2.05) is 46.4 Å². The molecule has 2 heterocycles. The molecular formula is C17H25N5O2. The van der Waals surface area contributed by atoms with Gasteiger partial charge in [0.05, 0.1) is 5.69 Å². The minimum absolute atomic E-state index is 0.0384. The second-order valence-corrected chi connectivity index (χ2v) is 7.19. The predicted molar refractivity (Wildman–Crippen MR) is 90.8 cm³/mol. The lowest BCUT2D eigenvalue weighted by molar-refractivity contribution is 0.0158. The van der Waals surface area contributed by atoms with Crippen LogP contribution in [0, 0.1) is 25.2 Å². The Kier molecular flexibility index (Phi) is 4.97. The fourth-order valence-electron chi connectivity index (χ4n) is 2.69. The van der Waals surface area contributed by atoms with Crippen LogP contribution in [0.15, 0.2) is 0 Å². The van der Waals surface area contributed by atoms with Crippen LogP contribution in [0.5, 0.6) is 0 Å². The van der Waals surface area contributed by atoms with Gasteiger partial charge in [-0.05, 0) is 47.1 Å². The van der Waals surface area contributed by atoms with Gasteiger partial charge in [0.15, 0.2) is 5.82 Å². The van der Waals surface area contributed by atoms with Gasteiger partial charge in [-0.25, -0.2) is 4.79 Å². The van der Waals surface area contributed by atoms with Crippen LogP contribution in [0.4, 0.5) is 10.6 Å². The molecule has 24 heavy (non-hydrogen) atoms. The van der Waals surface area contributed by atoms with Crippen molar-refractivity contribution < 1.29 is 9.53 Å². The normalized spacial score (nSPS) is 18.3. The molecule has 0 radical (unpaired) electrons. The highest BCUT2D eigenvalue weighted by atomic mass is 16.6. The molecule has 0 aliphatic carbocycles. The number of nitriles is 1. The Balaban J connectivity index is 2.16. The first-order valence-corrected chi connectivity index (χ1v) is 8.12. The number of anilines is 1. The number of hydrogen-bond acceptors (Lipinski definition) is 6. The minimum Gasteiger partial charge on any atom is -0.444 e. The highest BCUT2D eigenvalue weighted by Gasteiger charge is 2.32. The summed E-state index contributed by atoms with van der Waals surface area (Å²) in [5.41, 5.74) is 1.66. The molecule has 1 unspecified atom stereocenters. The number of rotatable bonds is 1. The van der Waals surface area contributed by atoms with Gasteiger partial charge >= 0.3 is 6.09 Å². The van der Waals surface area contributed by atoms with Gasteiger partial charge in [-0.1, -0.05) is 0 Å². The number of carbonyl (C=O) groups excluding carboxylic acids is 1. The van der Waals surface area contributed by atoms with Crippen molar-refractivity contribution in [2.75, 3.05) is 24.5 Å². The lowest BCUT2D eigenvalue weighted by atomic mass is 10.1. The van der Waals surface area contributed by atoms with Gasteiger partial charge in [0.2, 0.25) is 0 Å². The number of amides is 1. The van der Waals surface area contributed by atoms with E-state index >= 15 is 0 Å². The number of carbonyl (C=O) groups is 1. The summed E-state index contributed by atoms with van der Waals surface area (Å²) in [6, 6.07) is 2.19. The Labute approximate surface area is 143 Å². The van der Waals surface area contributed by atoms with Gasteiger partial charge in [-0.15, -0.1) is 5.10 Å². The summed E-state index contributed by atoms with van der Waals surface area (Å²) >= 11 is 0. The molecule has 2 rings (SSSR count). The third kappa shape index (κ3) is 3.75. The fourth-order valence-corrected chi connectivity index (χ4v) is 2.69. The summed E-state index contributed by atoms with van der Waals surface area (Å²) in [5.74, 6) is 0.594. The van der Waals surface area contributed by atoms with Crippen LogP contribution in [0.25, 0.3) is 0 Å². The fraction of sp³-hybridized carbons (Fsp3) is 0.647. The number of aromatic nitrogens is 2. The van der Waals surface area contributed by atoms with Crippen LogP contribution >= 0.6 is 0 Å². The van der Waals surface area contributed by atoms with E-state index in [1.54, 1.807) is 4.90 Å². The van der Waals surface area contributed by atoms with E-state index in [4.69, 9.17) is 4.74 Å². The molecule has 1 saturated heterocycles. The van der Waals surface area contributed by atoms with E-state index in [1.165, 1.54) is 0 Å². The van der Waals surface area contributed by atoms with Crippen LogP contribution in [-0.4, -0.2) is 52.5 Å². The molecule has 0 N–H and O–H groups in total. The summed E-state index contributed by atoms with van der Waals surface area (Å²) in [5, 5.41) is 17.8. The molecule has 1 aliphatic rings. The van der Waals surface area contributed by atoms with Crippen molar-refractivity contribution in [2.45, 2.75) is 53.2 Å². The Morgan fingerprint density at radius 1 is 1.29 bits per heavy atom. The Morgan fingerprint density at radius 3 is 2.50 bits per heavy atom. The maximum atomic E-state index is 12.3. The van der Waals surface area contributed by atoms with Crippen molar-refractivity contribution in [3.05, 3.63) is 16.8 Å². The van der Waals surface area contributed by atoms with Gasteiger partial charge < -0.3 is 14.5 Å². The van der Waals surface area contributed by atoms with Gasteiger partial charge in [0.25, 0.3) is 0 Å². The molecule has 0 spiro atoms. The molecule has 7 nitrogen and oxygen atoms in total. The second-order valence-electron chi connectivity index (χ2n) is 7.19. The van der Waals surface area contributed by atoms with Crippen molar-refractivity contribution in [1.82, 2.24) is 15.1 Å². The monoisotopic (exact) mass is 331 g/mol. The number of nitrogens with zero attached hydrogens (tertiary/aromatic N) is 5. The highest BCUT2D eigenvalue weighted by molar-refractivity contribution is 5.69. The third-order valence-corrected chi connectivity index (χ3v) is 4.10. The van der Waals surface area contributed by atoms with Gasteiger partial charge in [0.1, 0.15) is 17.2 Å². The summed E-state index contributed by atoms with van der Waals surface area (Å²) in [6.07, 6.45) is -0.304. The molecule has 1 aromatic rings. The van der Waals surface area contributed by atoms with Crippen LogP contribution in [0.2, 0.25) is 0 Å². The standard InChI is InChI=1S/C17H25N5O2/c1-11-10-21(7-8-22(11)16(23)24-17(4,5)6)15-14(9-18)12(2)13(3)19-20-15/h11H,7-8,10H2,1-6H3. The summed E-state index contributed by atoms with van der Waals surface area (Å²) < 4.78 is 5.46. The Hall–Kier alpha value is -2.36. The van der Waals surface area contributed by atoms with E-state index in [2.05, 4.69) is 16.3 Å². The Morgan fingerprint density at radius 2 is 1.96 bits per heavy atom. The molecule has 1 atom stereocenters. The van der Waals surface area contributed by atoms with Crippen LogP contribution in [-0.2, 0) is 4.74 Å². The van der Waals surface area contributed by atoms with E-state index in [0.717, 1.165) is 11.3 Å². The highest BCUT2D eigenvalue weighted by Crippen LogP contribution is 2.24. The largest absolute Gasteiger partial charge is 0.444 e. The van der Waals surface area contributed by atoms with Crippen molar-refractivity contribution >= 4 is 11.9 Å². The van der Waals surface area contributed by atoms with Crippen molar-refractivity contribution in [1.29, 1.82) is 5.26 Å². The molecule has 7 heteroatoms. The maximum absolute atomic E-state index is 12.3. The van der Waals surface area contributed by atoms with Crippen molar-refractivity contribution in [2.24, 2.45) is 0 Å². The summed E-state index contributed by atoms with van der Waals surface area (Å²) in [7, 11) is 0. The molecule has 0 saturated carbocycles. The van der Waals surface area contributed by atoms with Crippen molar-refractivity contribution in [3.8, 4) is 6.07 Å². The zero-order valence-corrected chi connectivity index (χ0v) is 15.3. The first-order valence-electron chi connectivity index (χ1n) is 8.12. The number of ether oxygens (including phenoxy) is 1.